The van der Waals surface area contributed by atoms with Gasteiger partial charge in [-0.3, -0.25) is 0 Å². The Hall–Kier alpha value is -1.43. The molecule has 2 aromatic carbocycles. The van der Waals surface area contributed by atoms with E-state index >= 15 is 0 Å². The summed E-state index contributed by atoms with van der Waals surface area (Å²) in [6.45, 7) is 5.19. The van der Waals surface area contributed by atoms with E-state index in [1.807, 2.05) is 6.07 Å². The summed E-state index contributed by atoms with van der Waals surface area (Å²) in [5.41, 5.74) is 1.22. The molecule has 0 aliphatic rings. The number of aryl methyl sites for hydroxylation is 1. The SMILES string of the molecule is CCCCCCCCOc1ccc([I+]c2c(C)cc(OC)cc2OC)cc1. The van der Waals surface area contributed by atoms with Crippen molar-refractivity contribution in [1.82, 2.24) is 0 Å². The van der Waals surface area contributed by atoms with Crippen LogP contribution in [0.1, 0.15) is 51.0 Å². The Kier molecular flexibility index (Phi) is 9.81. The van der Waals surface area contributed by atoms with Gasteiger partial charge >= 0.3 is 21.2 Å². The minimum absolute atomic E-state index is 0.314. The van der Waals surface area contributed by atoms with Crippen LogP contribution in [0.2, 0.25) is 0 Å². The molecule has 0 aromatic heterocycles. The molecule has 0 saturated carbocycles. The molecule has 148 valence electrons. The summed E-state index contributed by atoms with van der Waals surface area (Å²) in [6.07, 6.45) is 7.73. The average Bonchev–Trinajstić information content (AvgIpc) is 2.69. The van der Waals surface area contributed by atoms with E-state index in [0.29, 0.717) is 0 Å². The van der Waals surface area contributed by atoms with Crippen LogP contribution >= 0.6 is 0 Å². The molecule has 0 radical (unpaired) electrons. The van der Waals surface area contributed by atoms with Gasteiger partial charge in [0, 0.05) is 11.6 Å². The predicted molar refractivity (Wildman–Crippen MR) is 107 cm³/mol. The monoisotopic (exact) mass is 483 g/mol. The van der Waals surface area contributed by atoms with Gasteiger partial charge < -0.3 is 14.2 Å². The Morgan fingerprint density at radius 1 is 0.815 bits per heavy atom. The average molecular weight is 483 g/mol. The fourth-order valence-corrected chi connectivity index (χ4v) is 5.43. The quantitative estimate of drug-likeness (QED) is 0.344. The third-order valence-electron chi connectivity index (χ3n) is 4.43. The zero-order chi connectivity index (χ0) is 19.5. The Balaban J connectivity index is 1.87. The lowest BCUT2D eigenvalue weighted by molar-refractivity contribution is -0.598. The third kappa shape index (κ3) is 7.24. The molecule has 4 heteroatoms. The lowest BCUT2D eigenvalue weighted by Crippen LogP contribution is -3.61. The highest BCUT2D eigenvalue weighted by molar-refractivity contribution is 5.37. The summed E-state index contributed by atoms with van der Waals surface area (Å²) in [6, 6.07) is 12.6. The van der Waals surface area contributed by atoms with Crippen molar-refractivity contribution in [3.05, 3.63) is 49.1 Å². The summed E-state index contributed by atoms with van der Waals surface area (Å²) in [7, 11) is 3.41. The molecule has 0 atom stereocenters. The minimum Gasteiger partial charge on any atom is -0.497 e. The predicted octanol–water partition coefficient (Wildman–Crippen LogP) is 2.88. The van der Waals surface area contributed by atoms with Gasteiger partial charge in [0.1, 0.15) is 11.5 Å². The van der Waals surface area contributed by atoms with Crippen molar-refractivity contribution >= 4 is 0 Å². The first-order valence-corrected chi connectivity index (χ1v) is 11.9. The number of hydrogen-bond donors (Lipinski definition) is 0. The molecule has 2 aromatic rings. The standard InChI is InChI=1S/C23H32IO3/c1-5-6-7-8-9-10-15-27-20-13-11-19(12-14-20)24-23-18(2)16-21(25-3)17-22(23)26-4/h11-14,16-17H,5-10,15H2,1-4H3/q+1. The van der Waals surface area contributed by atoms with Crippen LogP contribution in [0.15, 0.2) is 36.4 Å². The maximum Gasteiger partial charge on any atom is 0.362 e. The van der Waals surface area contributed by atoms with Gasteiger partial charge in [-0.05, 0) is 43.7 Å². The van der Waals surface area contributed by atoms with E-state index in [4.69, 9.17) is 14.2 Å². The first kappa shape index (κ1) is 21.9. The van der Waals surface area contributed by atoms with Crippen LogP contribution < -0.4 is 35.4 Å². The molecular formula is C23H32IO3+. The molecule has 27 heavy (non-hydrogen) atoms. The highest BCUT2D eigenvalue weighted by Gasteiger charge is 2.25. The maximum atomic E-state index is 5.89. The molecule has 2 rings (SSSR count). The van der Waals surface area contributed by atoms with Crippen LogP contribution in [0, 0.1) is 14.1 Å². The van der Waals surface area contributed by atoms with E-state index in [1.165, 1.54) is 44.8 Å². The number of unbranched alkanes of at least 4 members (excludes halogenated alkanes) is 5. The molecule has 3 nitrogen and oxygen atoms in total. The topological polar surface area (TPSA) is 27.7 Å². The van der Waals surface area contributed by atoms with Gasteiger partial charge in [-0.2, -0.15) is 0 Å². The minimum atomic E-state index is -0.314. The summed E-state index contributed by atoms with van der Waals surface area (Å²) >= 11 is -0.314. The summed E-state index contributed by atoms with van der Waals surface area (Å²) < 4.78 is 19.5. The van der Waals surface area contributed by atoms with Crippen LogP contribution in [0.25, 0.3) is 0 Å². The normalized spacial score (nSPS) is 10.7. The van der Waals surface area contributed by atoms with E-state index in [9.17, 15) is 0 Å². The van der Waals surface area contributed by atoms with Gasteiger partial charge in [0.25, 0.3) is 0 Å². The van der Waals surface area contributed by atoms with Crippen molar-refractivity contribution in [3.8, 4) is 17.2 Å². The van der Waals surface area contributed by atoms with Gasteiger partial charge in [0.05, 0.1) is 20.8 Å². The lowest BCUT2D eigenvalue weighted by atomic mass is 10.1. The highest BCUT2D eigenvalue weighted by atomic mass is 127. The molecule has 0 heterocycles. The molecule has 0 spiro atoms. The second-order valence-electron chi connectivity index (χ2n) is 6.63. The maximum absolute atomic E-state index is 5.89. The van der Waals surface area contributed by atoms with Crippen LogP contribution in [0.3, 0.4) is 0 Å². The molecule has 0 fully saturated rings. The number of rotatable bonds is 12. The zero-order valence-electron chi connectivity index (χ0n) is 17.0. The van der Waals surface area contributed by atoms with Crippen molar-refractivity contribution < 1.29 is 35.4 Å². The molecule has 0 amide bonds. The Labute approximate surface area is 174 Å². The first-order valence-electron chi connectivity index (χ1n) is 9.78. The molecular weight excluding hydrogens is 451 g/mol. The van der Waals surface area contributed by atoms with Gasteiger partial charge in [0.2, 0.25) is 3.57 Å². The number of hydrogen-bond acceptors (Lipinski definition) is 3. The Morgan fingerprint density at radius 3 is 2.19 bits per heavy atom. The van der Waals surface area contributed by atoms with Crippen molar-refractivity contribution in [2.45, 2.75) is 52.4 Å². The van der Waals surface area contributed by atoms with E-state index in [2.05, 4.69) is 44.2 Å². The number of ether oxygens (including phenoxy) is 3. The highest BCUT2D eigenvalue weighted by Crippen LogP contribution is 2.22. The third-order valence-corrected chi connectivity index (χ3v) is 7.70. The van der Waals surface area contributed by atoms with Crippen molar-refractivity contribution in [2.75, 3.05) is 20.8 Å². The van der Waals surface area contributed by atoms with Crippen LogP contribution in [-0.4, -0.2) is 20.8 Å². The fraction of sp³-hybridized carbons (Fsp3) is 0.478. The van der Waals surface area contributed by atoms with Gasteiger partial charge in [0.15, 0.2) is 9.32 Å². The van der Waals surface area contributed by atoms with E-state index in [1.54, 1.807) is 14.2 Å². The second-order valence-corrected chi connectivity index (χ2v) is 9.49. The van der Waals surface area contributed by atoms with E-state index in [-0.39, 0.29) is 21.2 Å². The molecule has 0 unspecified atom stereocenters. The largest absolute Gasteiger partial charge is 0.497 e. The molecule has 0 aliphatic carbocycles. The lowest BCUT2D eigenvalue weighted by Gasteiger charge is -2.07. The van der Waals surface area contributed by atoms with Crippen molar-refractivity contribution in [1.29, 1.82) is 0 Å². The van der Waals surface area contributed by atoms with E-state index in [0.717, 1.165) is 30.3 Å². The summed E-state index contributed by atoms with van der Waals surface area (Å²) in [4.78, 5) is 0. The molecule has 0 aliphatic heterocycles. The molecule has 0 saturated heterocycles. The van der Waals surface area contributed by atoms with Crippen LogP contribution in [-0.2, 0) is 0 Å². The van der Waals surface area contributed by atoms with Gasteiger partial charge in [-0.1, -0.05) is 39.0 Å². The second kappa shape index (κ2) is 12.1. The summed E-state index contributed by atoms with van der Waals surface area (Å²) in [5.74, 6) is 2.73. The van der Waals surface area contributed by atoms with Crippen LogP contribution in [0.4, 0.5) is 0 Å². The van der Waals surface area contributed by atoms with Crippen molar-refractivity contribution in [3.63, 3.8) is 0 Å². The smallest absolute Gasteiger partial charge is 0.362 e. The van der Waals surface area contributed by atoms with Crippen LogP contribution in [0.5, 0.6) is 17.2 Å². The number of benzene rings is 2. The van der Waals surface area contributed by atoms with Gasteiger partial charge in [-0.25, -0.2) is 0 Å². The first-order chi connectivity index (χ1) is 13.2. The fourth-order valence-electron chi connectivity index (χ4n) is 2.87. The molecule has 0 bridgehead atoms. The van der Waals surface area contributed by atoms with E-state index < -0.39 is 0 Å². The molecule has 0 N–H and O–H groups in total. The van der Waals surface area contributed by atoms with Crippen molar-refractivity contribution in [2.24, 2.45) is 0 Å². The summed E-state index contributed by atoms with van der Waals surface area (Å²) in [5, 5.41) is 0. The number of halogens is 1. The Morgan fingerprint density at radius 2 is 1.52 bits per heavy atom. The zero-order valence-corrected chi connectivity index (χ0v) is 19.2. The van der Waals surface area contributed by atoms with Gasteiger partial charge in [-0.15, -0.1) is 0 Å². The Bertz CT molecular complexity index is 683. The number of methoxy groups -OCH3 is 2.